The first-order valence-electron chi connectivity index (χ1n) is 13.3. The number of nitrogens with zero attached hydrogens (tertiary/aromatic N) is 7. The number of hydrogen-bond donors (Lipinski definition) is 0. The molecule has 213 valence electrons. The van der Waals surface area contributed by atoms with Crippen molar-refractivity contribution >= 4 is 0 Å². The third kappa shape index (κ3) is 6.52. The maximum Gasteiger partial charge on any atom is 0.148 e. The summed E-state index contributed by atoms with van der Waals surface area (Å²) in [5.74, 6) is 1.43. The maximum atomic E-state index is 9.17. The maximum absolute atomic E-state index is 9.17. The van der Waals surface area contributed by atoms with Gasteiger partial charge in [0.05, 0.1) is 23.4 Å². The standard InChI is InChI=1S/C18H14N3.C17H13N4.Ir/c1-13-7-6-8-14(2)17(13)21-12-16(11-19)20-18(21)15-9-4-3-5-10-15;1-12-5-3-6-13(2)16(12)21-17(19-11-20-21)15-8-4-7-14(9-15)10-18;/h3-9,12H,1-2H3;3-7,9,11H,1-2H3;/q2*-1;. The predicted molar refractivity (Wildman–Crippen MR) is 162 cm³/mol. The SMILES string of the molecule is Cc1cccc(C)c1-n1cc(C#N)nc1-c1[c-]cccc1.Cc1cccc(C)c1-n1ncnc1-c1[c-]ccc(C#N)c1.[Ir]. The van der Waals surface area contributed by atoms with Crippen molar-refractivity contribution in [3.63, 3.8) is 0 Å². The third-order valence-corrected chi connectivity index (χ3v) is 6.82. The Morgan fingerprint density at radius 3 is 1.95 bits per heavy atom. The van der Waals surface area contributed by atoms with Crippen molar-refractivity contribution in [3.05, 3.63) is 137 Å². The molecule has 0 saturated carbocycles. The van der Waals surface area contributed by atoms with E-state index in [0.29, 0.717) is 17.1 Å². The van der Waals surface area contributed by atoms with Crippen LogP contribution in [0.1, 0.15) is 33.5 Å². The molecule has 4 aromatic carbocycles. The number of imidazole rings is 1. The van der Waals surface area contributed by atoms with Crippen molar-refractivity contribution in [2.75, 3.05) is 0 Å². The first kappa shape index (κ1) is 30.8. The van der Waals surface area contributed by atoms with Crippen molar-refractivity contribution in [2.45, 2.75) is 27.7 Å². The monoisotopic (exact) mass is 738 g/mol. The molecule has 0 bridgehead atoms. The van der Waals surface area contributed by atoms with Crippen LogP contribution in [-0.4, -0.2) is 24.3 Å². The zero-order valence-corrected chi connectivity index (χ0v) is 26.5. The van der Waals surface area contributed by atoms with Gasteiger partial charge in [-0.3, -0.25) is 14.6 Å². The van der Waals surface area contributed by atoms with Crippen molar-refractivity contribution < 1.29 is 20.1 Å². The largest absolute Gasteiger partial charge is 0.338 e. The average Bonchev–Trinajstić information content (AvgIpc) is 3.66. The number of aromatic nitrogens is 5. The molecule has 0 N–H and O–H groups in total. The summed E-state index contributed by atoms with van der Waals surface area (Å²) in [6.07, 6.45) is 3.31. The number of aryl methyl sites for hydroxylation is 4. The molecule has 0 atom stereocenters. The van der Waals surface area contributed by atoms with Gasteiger partial charge in [0.2, 0.25) is 0 Å². The van der Waals surface area contributed by atoms with E-state index in [4.69, 9.17) is 5.26 Å². The molecule has 0 unspecified atom stereocenters. The van der Waals surface area contributed by atoms with E-state index in [2.05, 4.69) is 65.3 Å². The zero-order chi connectivity index (χ0) is 29.6. The van der Waals surface area contributed by atoms with E-state index in [1.807, 2.05) is 66.9 Å². The Kier molecular flexibility index (Phi) is 9.80. The van der Waals surface area contributed by atoms with E-state index < -0.39 is 0 Å². The molecule has 2 heterocycles. The summed E-state index contributed by atoms with van der Waals surface area (Å²) >= 11 is 0. The summed E-state index contributed by atoms with van der Waals surface area (Å²) in [4.78, 5) is 8.76. The number of benzene rings is 4. The second kappa shape index (κ2) is 13.7. The normalized spacial score (nSPS) is 10.1. The summed E-state index contributed by atoms with van der Waals surface area (Å²) in [6, 6.07) is 35.7. The molecule has 0 aliphatic heterocycles. The molecular formula is C35H27IrN7-2. The van der Waals surface area contributed by atoms with Gasteiger partial charge in [-0.2, -0.15) is 15.6 Å². The van der Waals surface area contributed by atoms with Crippen LogP contribution in [0.5, 0.6) is 0 Å². The summed E-state index contributed by atoms with van der Waals surface area (Å²) in [5, 5.41) is 22.5. The van der Waals surface area contributed by atoms with Gasteiger partial charge >= 0.3 is 0 Å². The zero-order valence-electron chi connectivity index (χ0n) is 24.1. The van der Waals surface area contributed by atoms with Crippen molar-refractivity contribution in [2.24, 2.45) is 0 Å². The number of rotatable bonds is 4. The van der Waals surface area contributed by atoms with Gasteiger partial charge in [0, 0.05) is 32.0 Å². The summed E-state index contributed by atoms with van der Waals surface area (Å²) in [7, 11) is 0. The Hall–Kier alpha value is -5.14. The summed E-state index contributed by atoms with van der Waals surface area (Å²) in [6.45, 7) is 8.21. The van der Waals surface area contributed by atoms with Crippen LogP contribution in [-0.2, 0) is 20.1 Å². The van der Waals surface area contributed by atoms with Gasteiger partial charge in [0.15, 0.2) is 0 Å². The minimum Gasteiger partial charge on any atom is -0.338 e. The van der Waals surface area contributed by atoms with Crippen LogP contribution >= 0.6 is 0 Å². The number of nitriles is 2. The fraction of sp³-hybridized carbons (Fsp3) is 0.114. The average molecular weight is 738 g/mol. The molecule has 7 nitrogen and oxygen atoms in total. The molecule has 8 heteroatoms. The fourth-order valence-corrected chi connectivity index (χ4v) is 4.91. The Balaban J connectivity index is 0.000000192. The summed E-state index contributed by atoms with van der Waals surface area (Å²) < 4.78 is 3.78. The van der Waals surface area contributed by atoms with E-state index in [-0.39, 0.29) is 20.1 Å². The molecular weight excluding hydrogens is 711 g/mol. The molecule has 0 fully saturated rings. The van der Waals surface area contributed by atoms with Gasteiger partial charge in [-0.25, -0.2) is 0 Å². The van der Waals surface area contributed by atoms with Gasteiger partial charge in [-0.1, -0.05) is 36.4 Å². The second-order valence-corrected chi connectivity index (χ2v) is 9.79. The smallest absolute Gasteiger partial charge is 0.148 e. The van der Waals surface area contributed by atoms with E-state index in [0.717, 1.165) is 50.6 Å². The molecule has 43 heavy (non-hydrogen) atoms. The van der Waals surface area contributed by atoms with E-state index in [9.17, 15) is 5.26 Å². The van der Waals surface area contributed by atoms with Crippen LogP contribution < -0.4 is 0 Å². The molecule has 0 aliphatic rings. The van der Waals surface area contributed by atoms with Gasteiger partial charge in [0.25, 0.3) is 0 Å². The van der Waals surface area contributed by atoms with E-state index >= 15 is 0 Å². The Bertz CT molecular complexity index is 1920. The Labute approximate surface area is 265 Å². The number of hydrogen-bond acceptors (Lipinski definition) is 5. The van der Waals surface area contributed by atoms with Crippen molar-refractivity contribution in [3.8, 4) is 46.3 Å². The molecule has 6 rings (SSSR count). The van der Waals surface area contributed by atoms with Gasteiger partial charge in [0.1, 0.15) is 18.1 Å². The van der Waals surface area contributed by atoms with Crippen LogP contribution in [0.2, 0.25) is 0 Å². The molecule has 2 aromatic heterocycles. The molecule has 0 amide bonds. The van der Waals surface area contributed by atoms with Crippen LogP contribution in [0.4, 0.5) is 0 Å². The topological polar surface area (TPSA) is 96.1 Å². The van der Waals surface area contributed by atoms with Gasteiger partial charge < -0.3 is 4.57 Å². The van der Waals surface area contributed by atoms with Gasteiger partial charge in [-0.05, 0) is 55.5 Å². The van der Waals surface area contributed by atoms with Crippen molar-refractivity contribution in [1.29, 1.82) is 10.5 Å². The quantitative estimate of drug-likeness (QED) is 0.181. The van der Waals surface area contributed by atoms with Crippen LogP contribution in [0.3, 0.4) is 0 Å². The molecule has 0 saturated heterocycles. The van der Waals surface area contributed by atoms with Crippen LogP contribution in [0.15, 0.2) is 91.4 Å². The molecule has 0 spiro atoms. The van der Waals surface area contributed by atoms with E-state index in [1.54, 1.807) is 29.1 Å². The van der Waals surface area contributed by atoms with E-state index in [1.165, 1.54) is 6.33 Å². The first-order valence-corrected chi connectivity index (χ1v) is 13.3. The third-order valence-electron chi connectivity index (χ3n) is 6.82. The minimum atomic E-state index is 0. The predicted octanol–water partition coefficient (Wildman–Crippen LogP) is 7.05. The summed E-state index contributed by atoms with van der Waals surface area (Å²) in [5.41, 5.74) is 9.25. The van der Waals surface area contributed by atoms with Crippen LogP contribution in [0.25, 0.3) is 34.2 Å². The van der Waals surface area contributed by atoms with Crippen LogP contribution in [0, 0.1) is 62.5 Å². The molecule has 0 aliphatic carbocycles. The Morgan fingerprint density at radius 1 is 0.698 bits per heavy atom. The fourth-order valence-electron chi connectivity index (χ4n) is 4.91. The molecule has 1 radical (unpaired) electrons. The van der Waals surface area contributed by atoms with Crippen molar-refractivity contribution in [1.82, 2.24) is 24.3 Å². The van der Waals surface area contributed by atoms with Gasteiger partial charge in [-0.15, -0.1) is 65.7 Å². The molecule has 6 aromatic rings. The number of para-hydroxylation sites is 2. The minimum absolute atomic E-state index is 0. The first-order chi connectivity index (χ1) is 20.4. The Morgan fingerprint density at radius 2 is 1.35 bits per heavy atom. The second-order valence-electron chi connectivity index (χ2n) is 9.79.